The van der Waals surface area contributed by atoms with E-state index in [1.807, 2.05) is 0 Å². The number of aromatic nitrogens is 3. The van der Waals surface area contributed by atoms with E-state index in [2.05, 4.69) is 15.0 Å². The van der Waals surface area contributed by atoms with Gasteiger partial charge in [-0.05, 0) is 57.2 Å². The molecule has 0 aliphatic heterocycles. The number of hydrogen-bond donors (Lipinski definition) is 2. The minimum atomic E-state index is -4.49. The number of aryl methyl sites for hydroxylation is 1. The maximum absolute atomic E-state index is 12.9. The number of nitrogens with zero attached hydrogens (tertiary/aromatic N) is 2. The highest BCUT2D eigenvalue weighted by Gasteiger charge is 2.35. The summed E-state index contributed by atoms with van der Waals surface area (Å²) in [5.74, 6) is -0.323. The van der Waals surface area contributed by atoms with Gasteiger partial charge in [0.15, 0.2) is 0 Å². The average molecular weight is 419 g/mol. The number of carboxylic acid groups (broad SMARTS) is 1. The van der Waals surface area contributed by atoms with E-state index in [0.29, 0.717) is 17.0 Å². The summed E-state index contributed by atoms with van der Waals surface area (Å²) >= 11 is 0. The lowest BCUT2D eigenvalue weighted by molar-refractivity contribution is -0.148. The number of nitrogens with one attached hydrogen (secondary N) is 1. The third-order valence-corrected chi connectivity index (χ3v) is 4.53. The minimum Gasteiger partial charge on any atom is -0.492 e. The molecule has 1 aromatic carbocycles. The number of aromatic amines is 1. The molecule has 3 aromatic rings. The number of carboxylic acids is 1. The largest absolute Gasteiger partial charge is 0.492 e. The van der Waals surface area contributed by atoms with E-state index >= 15 is 0 Å². The van der Waals surface area contributed by atoms with Crippen LogP contribution >= 0.6 is 0 Å². The van der Waals surface area contributed by atoms with Crippen LogP contribution in [-0.2, 0) is 11.0 Å². The van der Waals surface area contributed by atoms with Crippen LogP contribution in [0, 0.1) is 12.3 Å². The Kier molecular flexibility index (Phi) is 5.56. The first-order valence-corrected chi connectivity index (χ1v) is 9.04. The van der Waals surface area contributed by atoms with Crippen molar-refractivity contribution in [3.8, 4) is 28.4 Å². The first-order chi connectivity index (χ1) is 14.0. The van der Waals surface area contributed by atoms with Crippen LogP contribution in [0.5, 0.6) is 5.75 Å². The molecule has 0 saturated heterocycles. The van der Waals surface area contributed by atoms with E-state index in [9.17, 15) is 18.0 Å². The smallest absolute Gasteiger partial charge is 0.433 e. The lowest BCUT2D eigenvalue weighted by Crippen LogP contribution is -2.30. The van der Waals surface area contributed by atoms with Crippen LogP contribution in [0.25, 0.3) is 22.6 Å². The Bertz CT molecular complexity index is 1040. The van der Waals surface area contributed by atoms with E-state index in [4.69, 9.17) is 9.84 Å². The second-order valence-corrected chi connectivity index (χ2v) is 7.48. The van der Waals surface area contributed by atoms with Crippen LogP contribution in [0.3, 0.4) is 0 Å². The molecule has 0 bridgehead atoms. The van der Waals surface area contributed by atoms with Crippen molar-refractivity contribution in [2.24, 2.45) is 5.41 Å². The second-order valence-electron chi connectivity index (χ2n) is 7.48. The molecule has 0 aliphatic rings. The van der Waals surface area contributed by atoms with Gasteiger partial charge in [-0.1, -0.05) is 0 Å². The third-order valence-electron chi connectivity index (χ3n) is 4.53. The SMILES string of the molecule is Cc1nc(-c2ccc(-c3ccc(OCC(C)(C)C(=O)O)cc3)nc2)[nH]c1C(F)(F)F. The molecule has 0 aliphatic carbocycles. The molecule has 2 aromatic heterocycles. The molecule has 0 unspecified atom stereocenters. The molecule has 158 valence electrons. The topological polar surface area (TPSA) is 88.1 Å². The van der Waals surface area contributed by atoms with E-state index in [-0.39, 0.29) is 18.1 Å². The zero-order chi connectivity index (χ0) is 22.1. The second kappa shape index (κ2) is 7.81. The average Bonchev–Trinajstić information content (AvgIpc) is 3.09. The van der Waals surface area contributed by atoms with Crippen LogP contribution in [0.4, 0.5) is 13.2 Å². The van der Waals surface area contributed by atoms with Gasteiger partial charge < -0.3 is 14.8 Å². The molecule has 0 radical (unpaired) electrons. The molecule has 30 heavy (non-hydrogen) atoms. The van der Waals surface area contributed by atoms with Gasteiger partial charge in [0, 0.05) is 17.3 Å². The van der Waals surface area contributed by atoms with Gasteiger partial charge in [-0.15, -0.1) is 0 Å². The normalized spacial score (nSPS) is 12.1. The molecular weight excluding hydrogens is 399 g/mol. The van der Waals surface area contributed by atoms with E-state index in [0.717, 1.165) is 5.56 Å². The van der Waals surface area contributed by atoms with Crippen molar-refractivity contribution in [2.75, 3.05) is 6.61 Å². The van der Waals surface area contributed by atoms with Gasteiger partial charge in [0.1, 0.15) is 23.9 Å². The molecule has 9 heteroatoms. The molecule has 6 nitrogen and oxygen atoms in total. The lowest BCUT2D eigenvalue weighted by atomic mass is 9.95. The number of hydrogen-bond acceptors (Lipinski definition) is 4. The Hall–Kier alpha value is -3.36. The zero-order valence-corrected chi connectivity index (χ0v) is 16.5. The number of aliphatic carboxylic acids is 1. The van der Waals surface area contributed by atoms with Gasteiger partial charge >= 0.3 is 12.1 Å². The van der Waals surface area contributed by atoms with Crippen molar-refractivity contribution in [3.05, 3.63) is 54.0 Å². The van der Waals surface area contributed by atoms with E-state index in [1.165, 1.54) is 13.1 Å². The third kappa shape index (κ3) is 4.61. The van der Waals surface area contributed by atoms with Crippen LogP contribution in [0.2, 0.25) is 0 Å². The number of alkyl halides is 3. The summed E-state index contributed by atoms with van der Waals surface area (Å²) in [5.41, 5.74) is -0.167. The van der Waals surface area contributed by atoms with Crippen LogP contribution < -0.4 is 4.74 Å². The summed E-state index contributed by atoms with van der Waals surface area (Å²) in [5, 5.41) is 9.12. The summed E-state index contributed by atoms with van der Waals surface area (Å²) < 4.78 is 44.3. The van der Waals surface area contributed by atoms with Crippen molar-refractivity contribution in [3.63, 3.8) is 0 Å². The van der Waals surface area contributed by atoms with Gasteiger partial charge in [-0.25, -0.2) is 4.98 Å². The summed E-state index contributed by atoms with van der Waals surface area (Å²) in [6, 6.07) is 10.3. The summed E-state index contributed by atoms with van der Waals surface area (Å²) in [6.45, 7) is 4.48. The van der Waals surface area contributed by atoms with Gasteiger partial charge in [-0.2, -0.15) is 13.2 Å². The molecule has 3 rings (SSSR count). The highest BCUT2D eigenvalue weighted by molar-refractivity contribution is 5.73. The molecule has 2 N–H and O–H groups in total. The minimum absolute atomic E-state index is 0.0249. The molecule has 0 fully saturated rings. The van der Waals surface area contributed by atoms with Crippen molar-refractivity contribution in [1.82, 2.24) is 15.0 Å². The Balaban J connectivity index is 1.73. The fraction of sp³-hybridized carbons (Fsp3) is 0.286. The first-order valence-electron chi connectivity index (χ1n) is 9.04. The summed E-state index contributed by atoms with van der Waals surface area (Å²) in [7, 11) is 0. The number of ether oxygens (including phenoxy) is 1. The summed E-state index contributed by atoms with van der Waals surface area (Å²) in [4.78, 5) is 21.7. The van der Waals surface area contributed by atoms with Gasteiger partial charge in [0.2, 0.25) is 0 Å². The monoisotopic (exact) mass is 419 g/mol. The van der Waals surface area contributed by atoms with Crippen molar-refractivity contribution in [1.29, 1.82) is 0 Å². The Morgan fingerprint density at radius 3 is 2.23 bits per heavy atom. The number of carbonyl (C=O) groups is 1. The number of H-pyrrole nitrogens is 1. The molecule has 0 atom stereocenters. The van der Waals surface area contributed by atoms with Crippen LogP contribution in [-0.4, -0.2) is 32.6 Å². The Morgan fingerprint density at radius 1 is 1.10 bits per heavy atom. The first kappa shape index (κ1) is 21.4. The number of imidazole rings is 1. The summed E-state index contributed by atoms with van der Waals surface area (Å²) in [6.07, 6.45) is -3.04. The maximum Gasteiger partial charge on any atom is 0.433 e. The van der Waals surface area contributed by atoms with Gasteiger partial charge in [-0.3, -0.25) is 9.78 Å². The molecule has 0 amide bonds. The van der Waals surface area contributed by atoms with Crippen molar-refractivity contribution >= 4 is 5.97 Å². The highest BCUT2D eigenvalue weighted by Crippen LogP contribution is 2.32. The fourth-order valence-corrected chi connectivity index (χ4v) is 2.63. The lowest BCUT2D eigenvalue weighted by Gasteiger charge is -2.19. The molecule has 0 spiro atoms. The fourth-order valence-electron chi connectivity index (χ4n) is 2.63. The maximum atomic E-state index is 12.9. The standard InChI is InChI=1S/C21H20F3N3O3/c1-12-17(21(22,23)24)27-18(26-12)14-6-9-16(25-10-14)13-4-7-15(8-5-13)30-11-20(2,3)19(28)29/h4-10H,11H2,1-3H3,(H,26,27)(H,28,29). The van der Waals surface area contributed by atoms with Crippen molar-refractivity contribution < 1.29 is 27.8 Å². The quantitative estimate of drug-likeness (QED) is 0.590. The van der Waals surface area contributed by atoms with Gasteiger partial charge in [0.25, 0.3) is 0 Å². The van der Waals surface area contributed by atoms with Crippen LogP contribution in [0.1, 0.15) is 25.2 Å². The predicted octanol–water partition coefficient (Wildman–Crippen LogP) is 4.96. The van der Waals surface area contributed by atoms with E-state index < -0.39 is 23.3 Å². The predicted molar refractivity (Wildman–Crippen MR) is 104 cm³/mol. The Morgan fingerprint density at radius 2 is 1.73 bits per heavy atom. The van der Waals surface area contributed by atoms with Crippen LogP contribution in [0.15, 0.2) is 42.6 Å². The molecule has 2 heterocycles. The number of pyridine rings is 1. The van der Waals surface area contributed by atoms with Gasteiger partial charge in [0.05, 0.1) is 16.8 Å². The van der Waals surface area contributed by atoms with Crippen molar-refractivity contribution in [2.45, 2.75) is 26.9 Å². The number of rotatable bonds is 6. The molecular formula is C21H20F3N3O3. The molecule has 0 saturated carbocycles. The highest BCUT2D eigenvalue weighted by atomic mass is 19.4. The van der Waals surface area contributed by atoms with E-state index in [1.54, 1.807) is 50.2 Å². The Labute approximate surface area is 170 Å². The zero-order valence-electron chi connectivity index (χ0n) is 16.5. The number of benzene rings is 1. The number of halogens is 3.